The predicted molar refractivity (Wildman–Crippen MR) is 103 cm³/mol. The van der Waals surface area contributed by atoms with Gasteiger partial charge in [0.25, 0.3) is 5.91 Å². The van der Waals surface area contributed by atoms with Crippen molar-refractivity contribution in [2.45, 2.75) is 18.7 Å². The van der Waals surface area contributed by atoms with E-state index < -0.39 is 15.8 Å². The lowest BCUT2D eigenvalue weighted by Gasteiger charge is -2.34. The molecule has 2 aromatic rings. The third kappa shape index (κ3) is 4.34. The van der Waals surface area contributed by atoms with Gasteiger partial charge in [0.05, 0.1) is 0 Å². The van der Waals surface area contributed by atoms with Crippen LogP contribution in [0.5, 0.6) is 5.75 Å². The lowest BCUT2D eigenvalue weighted by atomic mass is 10.1. The van der Waals surface area contributed by atoms with Crippen LogP contribution in [0.4, 0.5) is 4.39 Å². The zero-order valence-electron chi connectivity index (χ0n) is 15.9. The molecule has 1 heterocycles. The molecule has 6 nitrogen and oxygen atoms in total. The molecular formula is C20H23FN2O4S. The number of halogens is 1. The second-order valence-corrected chi connectivity index (χ2v) is 8.68. The van der Waals surface area contributed by atoms with Crippen LogP contribution in [0.25, 0.3) is 0 Å². The maximum absolute atomic E-state index is 13.9. The minimum absolute atomic E-state index is 0.107. The van der Waals surface area contributed by atoms with Crippen LogP contribution in [0.15, 0.2) is 47.4 Å². The van der Waals surface area contributed by atoms with E-state index in [0.717, 1.165) is 17.2 Å². The number of benzene rings is 2. The molecule has 0 radical (unpaired) electrons. The Morgan fingerprint density at radius 1 is 1.07 bits per heavy atom. The van der Waals surface area contributed by atoms with Gasteiger partial charge < -0.3 is 9.64 Å². The van der Waals surface area contributed by atoms with Crippen LogP contribution in [-0.2, 0) is 14.8 Å². The number of hydrogen-bond donors (Lipinski definition) is 0. The van der Waals surface area contributed by atoms with Gasteiger partial charge in [0, 0.05) is 26.2 Å². The third-order valence-electron chi connectivity index (χ3n) is 4.73. The molecule has 0 saturated carbocycles. The number of sulfonamides is 1. The van der Waals surface area contributed by atoms with Gasteiger partial charge in [-0.2, -0.15) is 4.31 Å². The summed E-state index contributed by atoms with van der Waals surface area (Å²) in [5.41, 5.74) is 2.07. The van der Waals surface area contributed by atoms with Crippen molar-refractivity contribution in [1.29, 1.82) is 0 Å². The number of ether oxygens (including phenoxy) is 1. The summed E-state index contributed by atoms with van der Waals surface area (Å²) in [6.45, 7) is 4.50. The smallest absolute Gasteiger partial charge is 0.260 e. The number of hydrogen-bond acceptors (Lipinski definition) is 4. The molecule has 28 heavy (non-hydrogen) atoms. The number of nitrogens with zero attached hydrogens (tertiary/aromatic N) is 2. The average molecular weight is 406 g/mol. The fourth-order valence-corrected chi connectivity index (χ4v) is 4.65. The van der Waals surface area contributed by atoms with Gasteiger partial charge in [-0.3, -0.25) is 4.79 Å². The molecular weight excluding hydrogens is 383 g/mol. The maximum Gasteiger partial charge on any atom is 0.260 e. The molecule has 8 heteroatoms. The van der Waals surface area contributed by atoms with Crippen molar-refractivity contribution in [2.24, 2.45) is 0 Å². The Hall–Kier alpha value is -2.45. The Kier molecular flexibility index (Phi) is 6.00. The molecule has 0 atom stereocenters. The molecule has 0 aliphatic carbocycles. The quantitative estimate of drug-likeness (QED) is 0.765. The highest BCUT2D eigenvalue weighted by atomic mass is 32.2. The first-order valence-corrected chi connectivity index (χ1v) is 10.5. The summed E-state index contributed by atoms with van der Waals surface area (Å²) in [4.78, 5) is 13.6. The Bertz CT molecular complexity index is 970. The van der Waals surface area contributed by atoms with Gasteiger partial charge in [0.1, 0.15) is 16.5 Å². The first-order valence-electron chi connectivity index (χ1n) is 9.01. The van der Waals surface area contributed by atoms with Crippen molar-refractivity contribution >= 4 is 15.9 Å². The van der Waals surface area contributed by atoms with E-state index >= 15 is 0 Å². The monoisotopic (exact) mass is 406 g/mol. The summed E-state index contributed by atoms with van der Waals surface area (Å²) in [7, 11) is -3.92. The third-order valence-corrected chi connectivity index (χ3v) is 6.66. The van der Waals surface area contributed by atoms with Crippen molar-refractivity contribution < 1.29 is 22.3 Å². The van der Waals surface area contributed by atoms with Crippen LogP contribution in [0.2, 0.25) is 0 Å². The number of carbonyl (C=O) groups is 1. The topological polar surface area (TPSA) is 66.9 Å². The van der Waals surface area contributed by atoms with E-state index in [9.17, 15) is 17.6 Å². The molecule has 3 rings (SSSR count). The van der Waals surface area contributed by atoms with Gasteiger partial charge in [-0.1, -0.05) is 29.8 Å². The van der Waals surface area contributed by atoms with Crippen LogP contribution < -0.4 is 4.74 Å². The summed E-state index contributed by atoms with van der Waals surface area (Å²) in [5.74, 6) is -0.328. The largest absolute Gasteiger partial charge is 0.484 e. The number of rotatable bonds is 5. The highest BCUT2D eigenvalue weighted by Crippen LogP contribution is 2.21. The standard InChI is InChI=1S/C20H23FN2O4S/c1-15-7-8-18(16(2)13-15)27-14-20(24)22-9-11-23(12-10-22)28(25,26)19-6-4-3-5-17(19)21/h3-8,13H,9-12,14H2,1-2H3. The van der Waals surface area contributed by atoms with Gasteiger partial charge in [0.2, 0.25) is 10.0 Å². The van der Waals surface area contributed by atoms with E-state index in [1.807, 2.05) is 32.0 Å². The highest BCUT2D eigenvalue weighted by Gasteiger charge is 2.31. The van der Waals surface area contributed by atoms with Crippen LogP contribution in [-0.4, -0.2) is 56.3 Å². The normalized spacial score (nSPS) is 15.5. The Labute approximate surface area is 164 Å². The lowest BCUT2D eigenvalue weighted by Crippen LogP contribution is -2.51. The van der Waals surface area contributed by atoms with Crippen LogP contribution in [0, 0.1) is 19.7 Å². The second-order valence-electron chi connectivity index (χ2n) is 6.77. The van der Waals surface area contributed by atoms with E-state index in [-0.39, 0.29) is 43.6 Å². The molecule has 0 spiro atoms. The molecule has 0 N–H and O–H groups in total. The number of piperazine rings is 1. The number of aryl methyl sites for hydroxylation is 2. The van der Waals surface area contributed by atoms with Gasteiger partial charge in [-0.15, -0.1) is 0 Å². The zero-order valence-corrected chi connectivity index (χ0v) is 16.7. The molecule has 0 bridgehead atoms. The summed E-state index contributed by atoms with van der Waals surface area (Å²) in [5, 5.41) is 0. The van der Waals surface area contributed by atoms with E-state index in [1.165, 1.54) is 22.5 Å². The summed E-state index contributed by atoms with van der Waals surface area (Å²) < 4.78 is 45.9. The van der Waals surface area contributed by atoms with Gasteiger partial charge >= 0.3 is 0 Å². The molecule has 2 aromatic carbocycles. The Morgan fingerprint density at radius 2 is 1.75 bits per heavy atom. The fraction of sp³-hybridized carbons (Fsp3) is 0.350. The second kappa shape index (κ2) is 8.28. The first-order chi connectivity index (χ1) is 13.3. The van der Waals surface area contributed by atoms with Crippen LogP contribution in [0.1, 0.15) is 11.1 Å². The average Bonchev–Trinajstić information content (AvgIpc) is 2.67. The minimum Gasteiger partial charge on any atom is -0.484 e. The maximum atomic E-state index is 13.9. The predicted octanol–water partition coefficient (Wildman–Crippen LogP) is 2.35. The van der Waals surface area contributed by atoms with Crippen molar-refractivity contribution in [2.75, 3.05) is 32.8 Å². The molecule has 0 aromatic heterocycles. The van der Waals surface area contributed by atoms with Crippen molar-refractivity contribution in [3.63, 3.8) is 0 Å². The molecule has 1 aliphatic rings. The molecule has 150 valence electrons. The Balaban J connectivity index is 1.57. The van der Waals surface area contributed by atoms with Gasteiger partial charge in [-0.25, -0.2) is 12.8 Å². The summed E-state index contributed by atoms with van der Waals surface area (Å²) >= 11 is 0. The minimum atomic E-state index is -3.92. The van der Waals surface area contributed by atoms with Crippen molar-refractivity contribution in [3.05, 3.63) is 59.4 Å². The van der Waals surface area contributed by atoms with Crippen molar-refractivity contribution in [3.8, 4) is 5.75 Å². The number of amides is 1. The van der Waals surface area contributed by atoms with E-state index in [2.05, 4.69) is 0 Å². The number of carbonyl (C=O) groups excluding carboxylic acids is 1. The molecule has 1 amide bonds. The zero-order chi connectivity index (χ0) is 20.3. The SMILES string of the molecule is Cc1ccc(OCC(=O)N2CCN(S(=O)(=O)c3ccccc3F)CC2)c(C)c1. The van der Waals surface area contributed by atoms with Gasteiger partial charge in [-0.05, 0) is 37.6 Å². The summed E-state index contributed by atoms with van der Waals surface area (Å²) in [6, 6.07) is 11.0. The van der Waals surface area contributed by atoms with E-state index in [1.54, 1.807) is 4.90 Å². The first kappa shape index (κ1) is 20.3. The molecule has 1 saturated heterocycles. The Morgan fingerprint density at radius 3 is 2.39 bits per heavy atom. The van der Waals surface area contributed by atoms with Gasteiger partial charge in [0.15, 0.2) is 6.61 Å². The molecule has 1 fully saturated rings. The lowest BCUT2D eigenvalue weighted by molar-refractivity contribution is -0.134. The van der Waals surface area contributed by atoms with Crippen LogP contribution >= 0.6 is 0 Å². The molecule has 1 aliphatic heterocycles. The highest BCUT2D eigenvalue weighted by molar-refractivity contribution is 7.89. The van der Waals surface area contributed by atoms with E-state index in [0.29, 0.717) is 5.75 Å². The van der Waals surface area contributed by atoms with Crippen molar-refractivity contribution in [1.82, 2.24) is 9.21 Å². The molecule has 0 unspecified atom stereocenters. The summed E-state index contributed by atoms with van der Waals surface area (Å²) in [6.07, 6.45) is 0. The van der Waals surface area contributed by atoms with E-state index in [4.69, 9.17) is 4.74 Å². The fourth-order valence-electron chi connectivity index (χ4n) is 3.16. The van der Waals surface area contributed by atoms with Crippen LogP contribution in [0.3, 0.4) is 0 Å².